The van der Waals surface area contributed by atoms with E-state index < -0.39 is 0 Å². The largest absolute Gasteiger partial charge is 0.492 e. The van der Waals surface area contributed by atoms with E-state index in [0.717, 1.165) is 52.4 Å². The maximum Gasteiger partial charge on any atom is 0.282 e. The number of carbonyl (C=O) groups excluding carboxylic acids is 1. The summed E-state index contributed by atoms with van der Waals surface area (Å²) in [5, 5.41) is 7.41. The van der Waals surface area contributed by atoms with Crippen LogP contribution in [0.25, 0.3) is 22.4 Å². The summed E-state index contributed by atoms with van der Waals surface area (Å²) in [6.07, 6.45) is 5.39. The van der Waals surface area contributed by atoms with E-state index in [4.69, 9.17) is 9.72 Å². The number of amides is 1. The van der Waals surface area contributed by atoms with Crippen molar-refractivity contribution in [2.45, 2.75) is 26.7 Å². The number of ether oxygens (including phenoxy) is 1. The molecule has 0 unspecified atom stereocenters. The second-order valence-electron chi connectivity index (χ2n) is 7.50. The van der Waals surface area contributed by atoms with Crippen LogP contribution in [0.15, 0.2) is 30.6 Å². The van der Waals surface area contributed by atoms with Crippen molar-refractivity contribution in [2.75, 3.05) is 20.2 Å². The number of nitrogens with one attached hydrogen (secondary N) is 1. The molecule has 0 bridgehead atoms. The Bertz CT molecular complexity index is 978. The van der Waals surface area contributed by atoms with Gasteiger partial charge in [-0.2, -0.15) is 5.10 Å². The molecule has 3 heterocycles. The molecule has 6 nitrogen and oxygen atoms in total. The van der Waals surface area contributed by atoms with E-state index in [1.165, 1.54) is 11.3 Å². The van der Waals surface area contributed by atoms with Gasteiger partial charge in [-0.25, -0.2) is 4.98 Å². The molecule has 0 saturated carbocycles. The van der Waals surface area contributed by atoms with Crippen molar-refractivity contribution in [3.63, 3.8) is 0 Å². The predicted molar refractivity (Wildman–Crippen MR) is 111 cm³/mol. The molecule has 0 saturated heterocycles. The summed E-state index contributed by atoms with van der Waals surface area (Å²) in [4.78, 5) is 20.4. The lowest BCUT2D eigenvalue weighted by Gasteiger charge is -2.16. The zero-order valence-electron chi connectivity index (χ0n) is 16.4. The molecule has 3 aromatic rings. The highest BCUT2D eigenvalue weighted by molar-refractivity contribution is 7.14. The van der Waals surface area contributed by atoms with Crippen LogP contribution >= 0.6 is 11.3 Å². The van der Waals surface area contributed by atoms with Crippen LogP contribution in [0.5, 0.6) is 5.75 Å². The highest BCUT2D eigenvalue weighted by Gasteiger charge is 2.24. The quantitative estimate of drug-likeness (QED) is 0.700. The Morgan fingerprint density at radius 1 is 1.36 bits per heavy atom. The highest BCUT2D eigenvalue weighted by Crippen LogP contribution is 2.39. The van der Waals surface area contributed by atoms with E-state index >= 15 is 0 Å². The van der Waals surface area contributed by atoms with Gasteiger partial charge in [0, 0.05) is 42.2 Å². The first-order valence-electron chi connectivity index (χ1n) is 9.54. The van der Waals surface area contributed by atoms with Gasteiger partial charge in [0.25, 0.3) is 5.91 Å². The number of carbonyl (C=O) groups is 1. The van der Waals surface area contributed by atoms with Gasteiger partial charge < -0.3 is 9.64 Å². The van der Waals surface area contributed by atoms with Crippen molar-refractivity contribution in [3.8, 4) is 28.1 Å². The molecular weight excluding hydrogens is 372 g/mol. The minimum Gasteiger partial charge on any atom is -0.492 e. The molecule has 4 rings (SSSR count). The Labute approximate surface area is 168 Å². The molecule has 7 heteroatoms. The molecule has 28 heavy (non-hydrogen) atoms. The van der Waals surface area contributed by atoms with Crippen LogP contribution in [-0.4, -0.2) is 46.2 Å². The minimum absolute atomic E-state index is 0.00351. The number of nitrogens with zero attached hydrogens (tertiary/aromatic N) is 3. The van der Waals surface area contributed by atoms with Crippen LogP contribution in [-0.2, 0) is 6.42 Å². The SMILES string of the molecule is CC(C)CCN(C)C(=O)c1nc2c(s1)CCOc1cc(-c3cn[nH]c3)ccc1-2. The van der Waals surface area contributed by atoms with Crippen LogP contribution in [0.3, 0.4) is 0 Å². The molecular formula is C21H24N4O2S. The maximum atomic E-state index is 12.8. The van der Waals surface area contributed by atoms with E-state index in [1.807, 2.05) is 31.4 Å². The van der Waals surface area contributed by atoms with Gasteiger partial charge in [0.1, 0.15) is 5.75 Å². The fourth-order valence-corrected chi connectivity index (χ4v) is 4.27. The third kappa shape index (κ3) is 3.67. The topological polar surface area (TPSA) is 71.1 Å². The lowest BCUT2D eigenvalue weighted by Crippen LogP contribution is -2.28. The van der Waals surface area contributed by atoms with Crippen molar-refractivity contribution in [3.05, 3.63) is 40.5 Å². The van der Waals surface area contributed by atoms with Gasteiger partial charge in [-0.15, -0.1) is 11.3 Å². The molecule has 1 aromatic carbocycles. The summed E-state index contributed by atoms with van der Waals surface area (Å²) in [6.45, 7) is 5.65. The number of H-pyrrole nitrogens is 1. The Morgan fingerprint density at radius 3 is 2.96 bits per heavy atom. The van der Waals surface area contributed by atoms with Gasteiger partial charge in [0.2, 0.25) is 0 Å². The molecule has 1 aliphatic rings. The average Bonchev–Trinajstić information content (AvgIpc) is 3.33. The molecule has 0 fully saturated rings. The lowest BCUT2D eigenvalue weighted by molar-refractivity contribution is 0.0789. The van der Waals surface area contributed by atoms with Gasteiger partial charge >= 0.3 is 0 Å². The Hall–Kier alpha value is -2.67. The third-order valence-corrected chi connectivity index (χ3v) is 6.03. The van der Waals surface area contributed by atoms with Gasteiger partial charge in [-0.1, -0.05) is 19.9 Å². The Morgan fingerprint density at radius 2 is 2.21 bits per heavy atom. The highest BCUT2D eigenvalue weighted by atomic mass is 32.1. The first-order valence-corrected chi connectivity index (χ1v) is 10.4. The fraction of sp³-hybridized carbons (Fsp3) is 0.381. The molecule has 1 aliphatic heterocycles. The maximum absolute atomic E-state index is 12.8. The number of aromatic amines is 1. The normalized spacial score (nSPS) is 12.9. The van der Waals surface area contributed by atoms with E-state index in [9.17, 15) is 4.79 Å². The first-order chi connectivity index (χ1) is 13.5. The number of thiazole rings is 1. The van der Waals surface area contributed by atoms with E-state index in [-0.39, 0.29) is 5.91 Å². The molecule has 1 N–H and O–H groups in total. The van der Waals surface area contributed by atoms with Gasteiger partial charge in [-0.05, 0) is 30.0 Å². The Balaban J connectivity index is 1.64. The van der Waals surface area contributed by atoms with Crippen LogP contribution in [0, 0.1) is 5.92 Å². The first kappa shape index (κ1) is 18.7. The van der Waals surface area contributed by atoms with Crippen molar-refractivity contribution in [2.24, 2.45) is 5.92 Å². The standard InChI is InChI=1S/C21H24N4O2S/c1-13(2)6-8-25(3)21(26)20-24-19-16-5-4-14(15-11-22-23-12-15)10-17(16)27-9-7-18(19)28-20/h4-5,10-13H,6-9H2,1-3H3,(H,22,23). The van der Waals surface area contributed by atoms with Crippen LogP contribution in [0.1, 0.15) is 34.9 Å². The van der Waals surface area contributed by atoms with Crippen LogP contribution in [0.2, 0.25) is 0 Å². The van der Waals surface area contributed by atoms with Crippen LogP contribution in [0.4, 0.5) is 0 Å². The smallest absolute Gasteiger partial charge is 0.282 e. The third-order valence-electron chi connectivity index (χ3n) is 4.92. The average molecular weight is 397 g/mol. The Kier molecular flexibility index (Phi) is 5.17. The van der Waals surface area contributed by atoms with Gasteiger partial charge in [-0.3, -0.25) is 9.89 Å². The van der Waals surface area contributed by atoms with Gasteiger partial charge in [0.05, 0.1) is 18.5 Å². The van der Waals surface area contributed by atoms with E-state index in [2.05, 4.69) is 24.0 Å². The number of rotatable bonds is 5. The summed E-state index contributed by atoms with van der Waals surface area (Å²) < 4.78 is 5.98. The molecule has 0 aliphatic carbocycles. The molecule has 0 spiro atoms. The lowest BCUT2D eigenvalue weighted by atomic mass is 10.0. The zero-order valence-corrected chi connectivity index (χ0v) is 17.2. The fourth-order valence-electron chi connectivity index (χ4n) is 3.22. The summed E-state index contributed by atoms with van der Waals surface area (Å²) in [7, 11) is 1.85. The summed E-state index contributed by atoms with van der Waals surface area (Å²) in [5.74, 6) is 1.36. The number of hydrogen-bond donors (Lipinski definition) is 1. The van der Waals surface area contributed by atoms with Crippen LogP contribution < -0.4 is 4.74 Å². The van der Waals surface area contributed by atoms with Crippen molar-refractivity contribution >= 4 is 17.2 Å². The second kappa shape index (κ2) is 7.75. The summed E-state index contributed by atoms with van der Waals surface area (Å²) >= 11 is 1.49. The van der Waals surface area contributed by atoms with E-state index in [0.29, 0.717) is 17.5 Å². The number of fused-ring (bicyclic) bond motifs is 3. The summed E-state index contributed by atoms with van der Waals surface area (Å²) in [5.41, 5.74) is 3.87. The molecule has 2 aromatic heterocycles. The number of benzene rings is 1. The summed E-state index contributed by atoms with van der Waals surface area (Å²) in [6, 6.07) is 6.08. The molecule has 0 atom stereocenters. The van der Waals surface area contributed by atoms with Crippen molar-refractivity contribution < 1.29 is 9.53 Å². The zero-order chi connectivity index (χ0) is 19.7. The van der Waals surface area contributed by atoms with Crippen molar-refractivity contribution in [1.29, 1.82) is 0 Å². The van der Waals surface area contributed by atoms with Gasteiger partial charge in [0.15, 0.2) is 5.01 Å². The molecule has 0 radical (unpaired) electrons. The van der Waals surface area contributed by atoms with Crippen molar-refractivity contribution in [1.82, 2.24) is 20.1 Å². The second-order valence-corrected chi connectivity index (χ2v) is 8.58. The van der Waals surface area contributed by atoms with E-state index in [1.54, 1.807) is 11.1 Å². The monoisotopic (exact) mass is 396 g/mol. The molecule has 1 amide bonds. The minimum atomic E-state index is -0.00351. The number of aromatic nitrogens is 3. The predicted octanol–water partition coefficient (Wildman–Crippen LogP) is 4.25. The number of hydrogen-bond acceptors (Lipinski definition) is 5. The molecule has 146 valence electrons.